The molecule has 0 bridgehead atoms. The smallest absolute Gasteiger partial charge is 0.156 e. The van der Waals surface area contributed by atoms with Crippen LogP contribution in [0.2, 0.25) is 0 Å². The summed E-state index contributed by atoms with van der Waals surface area (Å²) in [6.45, 7) is 6.38. The van der Waals surface area contributed by atoms with Crippen molar-refractivity contribution in [2.75, 3.05) is 13.7 Å². The van der Waals surface area contributed by atoms with Crippen molar-refractivity contribution in [3.05, 3.63) is 29.8 Å². The van der Waals surface area contributed by atoms with Gasteiger partial charge in [-0.15, -0.1) is 0 Å². The Kier molecular flexibility index (Phi) is 8.53. The Morgan fingerprint density at radius 2 is 1.88 bits per heavy atom. The molecule has 1 aromatic carbocycles. The van der Waals surface area contributed by atoms with Crippen LogP contribution in [-0.4, -0.2) is 18.8 Å². The summed E-state index contributed by atoms with van der Waals surface area (Å²) >= 11 is 4.82. The van der Waals surface area contributed by atoms with E-state index in [4.69, 9.17) is 21.7 Å². The lowest BCUT2D eigenvalue weighted by molar-refractivity contribution is 0.312. The summed E-state index contributed by atoms with van der Waals surface area (Å²) in [4.78, 5) is 0. The molecule has 0 N–H and O–H groups in total. The van der Waals surface area contributed by atoms with Crippen LogP contribution in [0.5, 0.6) is 5.75 Å². The summed E-state index contributed by atoms with van der Waals surface area (Å²) in [5.41, 5.74) is 1.14. The summed E-state index contributed by atoms with van der Waals surface area (Å²) in [5.74, 6) is 0.901. The molecule has 0 fully saturated rings. The molecule has 0 atom stereocenters. The quantitative estimate of drug-likeness (QED) is 0.749. The van der Waals surface area contributed by atoms with E-state index in [1.54, 1.807) is 14.0 Å². The zero-order chi connectivity index (χ0) is 12.4. The van der Waals surface area contributed by atoms with E-state index in [1.807, 2.05) is 38.1 Å². The first-order valence-corrected chi connectivity index (χ1v) is 5.90. The monoisotopic (exact) mass is 240 g/mol. The molecule has 1 rings (SSSR count). The molecule has 0 saturated carbocycles. The summed E-state index contributed by atoms with van der Waals surface area (Å²) in [6.07, 6.45) is 0.817. The minimum atomic E-state index is 0.583. The fourth-order valence-electron chi connectivity index (χ4n) is 1.21. The molecule has 0 aliphatic rings. The van der Waals surface area contributed by atoms with Gasteiger partial charge in [0.15, 0.2) is 5.05 Å². The molecule has 0 heterocycles. The standard InChI is InChI=1S/C11H14O2S.C2H6/c1-9(14)13-8-7-10-5-3-4-6-11(10)12-2;1-2/h3-6H,7-8H2,1-2H3;1-2H3. The van der Waals surface area contributed by atoms with Crippen LogP contribution in [0, 0.1) is 0 Å². The van der Waals surface area contributed by atoms with Crippen molar-refractivity contribution in [1.82, 2.24) is 0 Å². The van der Waals surface area contributed by atoms with E-state index in [0.717, 1.165) is 17.7 Å². The first-order valence-electron chi connectivity index (χ1n) is 5.49. The molecule has 16 heavy (non-hydrogen) atoms. The summed E-state index contributed by atoms with van der Waals surface area (Å²) in [7, 11) is 1.67. The number of methoxy groups -OCH3 is 1. The molecule has 3 heteroatoms. The number of rotatable bonds is 4. The second-order valence-electron chi connectivity index (χ2n) is 2.90. The largest absolute Gasteiger partial charge is 0.496 e. The van der Waals surface area contributed by atoms with Crippen LogP contribution in [-0.2, 0) is 11.2 Å². The molecule has 0 unspecified atom stereocenters. The van der Waals surface area contributed by atoms with Gasteiger partial charge in [-0.05, 0) is 23.8 Å². The van der Waals surface area contributed by atoms with Crippen LogP contribution >= 0.6 is 12.2 Å². The van der Waals surface area contributed by atoms with Crippen molar-refractivity contribution in [3.8, 4) is 5.75 Å². The van der Waals surface area contributed by atoms with Crippen LogP contribution < -0.4 is 4.74 Å². The zero-order valence-corrected chi connectivity index (χ0v) is 11.3. The molecule has 2 nitrogen and oxygen atoms in total. The number of benzene rings is 1. The van der Waals surface area contributed by atoms with Gasteiger partial charge in [0.1, 0.15) is 5.75 Å². The van der Waals surface area contributed by atoms with Crippen molar-refractivity contribution in [1.29, 1.82) is 0 Å². The molecular weight excluding hydrogens is 220 g/mol. The molecule has 0 radical (unpaired) electrons. The first-order chi connectivity index (χ1) is 7.74. The number of ether oxygens (including phenoxy) is 2. The number of thiocarbonyl (C=S) groups is 1. The van der Waals surface area contributed by atoms with Gasteiger partial charge in [0.25, 0.3) is 0 Å². The van der Waals surface area contributed by atoms with Gasteiger partial charge in [-0.2, -0.15) is 0 Å². The first kappa shape index (κ1) is 14.9. The third kappa shape index (κ3) is 5.71. The number of hydrogen-bond acceptors (Lipinski definition) is 3. The van der Waals surface area contributed by atoms with Gasteiger partial charge in [-0.25, -0.2) is 0 Å². The Labute approximate surface area is 104 Å². The van der Waals surface area contributed by atoms with Gasteiger partial charge in [0.05, 0.1) is 13.7 Å². The molecule has 90 valence electrons. The van der Waals surface area contributed by atoms with Crippen molar-refractivity contribution >= 4 is 17.3 Å². The third-order valence-electron chi connectivity index (χ3n) is 1.87. The van der Waals surface area contributed by atoms with E-state index in [1.165, 1.54) is 0 Å². The van der Waals surface area contributed by atoms with Gasteiger partial charge in [0, 0.05) is 13.3 Å². The maximum Gasteiger partial charge on any atom is 0.156 e. The van der Waals surface area contributed by atoms with Gasteiger partial charge >= 0.3 is 0 Å². The zero-order valence-electron chi connectivity index (χ0n) is 10.4. The average molecular weight is 240 g/mol. The number of para-hydroxylation sites is 1. The SMILES string of the molecule is CC.COc1ccccc1CCOC(C)=S. The van der Waals surface area contributed by atoms with E-state index in [-0.39, 0.29) is 0 Å². The molecule has 0 aliphatic carbocycles. The highest BCUT2D eigenvalue weighted by molar-refractivity contribution is 7.80. The van der Waals surface area contributed by atoms with Gasteiger partial charge < -0.3 is 9.47 Å². The molecular formula is C13H20O2S. The number of hydrogen-bond donors (Lipinski definition) is 0. The van der Waals surface area contributed by atoms with E-state index in [9.17, 15) is 0 Å². The van der Waals surface area contributed by atoms with E-state index in [0.29, 0.717) is 11.7 Å². The normalized spacial score (nSPS) is 8.75. The Hall–Kier alpha value is -1.09. The minimum absolute atomic E-state index is 0.583. The average Bonchev–Trinajstić information content (AvgIpc) is 2.32. The van der Waals surface area contributed by atoms with E-state index in [2.05, 4.69) is 0 Å². The maximum absolute atomic E-state index is 5.22. The van der Waals surface area contributed by atoms with Crippen LogP contribution in [0.25, 0.3) is 0 Å². The summed E-state index contributed by atoms with van der Waals surface area (Å²) in [6, 6.07) is 7.91. The van der Waals surface area contributed by atoms with Crippen LogP contribution in [0.4, 0.5) is 0 Å². The molecule has 1 aromatic rings. The second-order valence-corrected chi connectivity index (χ2v) is 3.48. The Bertz CT molecular complexity index is 311. The lowest BCUT2D eigenvalue weighted by atomic mass is 10.1. The molecule has 0 spiro atoms. The van der Waals surface area contributed by atoms with Crippen LogP contribution in [0.1, 0.15) is 26.3 Å². The molecule has 0 aliphatic heterocycles. The molecule has 0 aromatic heterocycles. The Morgan fingerprint density at radius 1 is 1.25 bits per heavy atom. The highest BCUT2D eigenvalue weighted by Gasteiger charge is 2.01. The molecule has 0 saturated heterocycles. The predicted octanol–water partition coefficient (Wildman–Crippen LogP) is 3.63. The second kappa shape index (κ2) is 9.16. The Morgan fingerprint density at radius 3 is 2.44 bits per heavy atom. The van der Waals surface area contributed by atoms with Gasteiger partial charge in [0.2, 0.25) is 0 Å². The van der Waals surface area contributed by atoms with Crippen molar-refractivity contribution in [2.24, 2.45) is 0 Å². The maximum atomic E-state index is 5.22. The van der Waals surface area contributed by atoms with Crippen LogP contribution in [0.15, 0.2) is 24.3 Å². The predicted molar refractivity (Wildman–Crippen MR) is 72.3 cm³/mol. The highest BCUT2D eigenvalue weighted by atomic mass is 32.1. The third-order valence-corrected chi connectivity index (χ3v) is 1.99. The van der Waals surface area contributed by atoms with Crippen molar-refractivity contribution in [2.45, 2.75) is 27.2 Å². The topological polar surface area (TPSA) is 18.5 Å². The summed E-state index contributed by atoms with van der Waals surface area (Å²) in [5, 5.41) is 0.583. The van der Waals surface area contributed by atoms with E-state index < -0.39 is 0 Å². The molecule has 0 amide bonds. The fraction of sp³-hybridized carbons (Fsp3) is 0.462. The van der Waals surface area contributed by atoms with Gasteiger partial charge in [-0.1, -0.05) is 32.0 Å². The lowest BCUT2D eigenvalue weighted by Gasteiger charge is -2.08. The van der Waals surface area contributed by atoms with Crippen molar-refractivity contribution in [3.63, 3.8) is 0 Å². The summed E-state index contributed by atoms with van der Waals surface area (Å²) < 4.78 is 10.4. The van der Waals surface area contributed by atoms with E-state index >= 15 is 0 Å². The van der Waals surface area contributed by atoms with Crippen LogP contribution in [0.3, 0.4) is 0 Å². The Balaban J connectivity index is 0.00000106. The van der Waals surface area contributed by atoms with Gasteiger partial charge in [-0.3, -0.25) is 0 Å². The highest BCUT2D eigenvalue weighted by Crippen LogP contribution is 2.17. The lowest BCUT2D eigenvalue weighted by Crippen LogP contribution is -2.02. The van der Waals surface area contributed by atoms with Crippen molar-refractivity contribution < 1.29 is 9.47 Å². The minimum Gasteiger partial charge on any atom is -0.496 e. The fourth-order valence-corrected chi connectivity index (χ4v) is 1.30.